The van der Waals surface area contributed by atoms with E-state index in [1.807, 2.05) is 42.5 Å². The molecular formula is C23H18N6Zn. The predicted octanol–water partition coefficient (Wildman–Crippen LogP) is 5.06. The van der Waals surface area contributed by atoms with Crippen LogP contribution in [0, 0.1) is 0 Å². The summed E-state index contributed by atoms with van der Waals surface area (Å²) in [6, 6.07) is 16.4. The molecule has 30 heavy (non-hydrogen) atoms. The molecule has 0 radical (unpaired) electrons. The summed E-state index contributed by atoms with van der Waals surface area (Å²) in [5, 5.41) is 0. The van der Waals surface area contributed by atoms with Crippen molar-refractivity contribution in [3.63, 3.8) is 0 Å². The van der Waals surface area contributed by atoms with Crippen LogP contribution in [0.5, 0.6) is 0 Å². The van der Waals surface area contributed by atoms with Gasteiger partial charge in [-0.3, -0.25) is 0 Å². The van der Waals surface area contributed by atoms with Gasteiger partial charge in [0.05, 0.1) is 29.1 Å². The Morgan fingerprint density at radius 2 is 1.03 bits per heavy atom. The van der Waals surface area contributed by atoms with Crippen molar-refractivity contribution < 1.29 is 19.5 Å². The Balaban J connectivity index is 0.000000321. The molecular weight excluding hydrogens is 426 g/mol. The summed E-state index contributed by atoms with van der Waals surface area (Å²) in [5.74, 6) is 0. The van der Waals surface area contributed by atoms with E-state index in [1.165, 1.54) is 0 Å². The van der Waals surface area contributed by atoms with Crippen LogP contribution in [-0.2, 0) is 19.5 Å². The van der Waals surface area contributed by atoms with Crippen LogP contribution in [0.25, 0.3) is 46.4 Å². The quantitative estimate of drug-likeness (QED) is 0.287. The molecule has 0 fully saturated rings. The number of nitrogens with one attached hydrogen (secondary N) is 3. The SMILES string of the molecule is C1=Cc2cc3ccc(cc4ccc(cc5nc(cc1n2)C=C5)[nH]4)[nH]3.[Zn].c1c[nH]cn1. The van der Waals surface area contributed by atoms with Gasteiger partial charge in [-0.05, 0) is 72.8 Å². The first-order valence-electron chi connectivity index (χ1n) is 9.27. The molecule has 0 saturated carbocycles. The van der Waals surface area contributed by atoms with E-state index >= 15 is 0 Å². The number of hydrogen-bond donors (Lipinski definition) is 3. The predicted molar refractivity (Wildman–Crippen MR) is 117 cm³/mol. The van der Waals surface area contributed by atoms with Crippen LogP contribution in [0.4, 0.5) is 0 Å². The van der Waals surface area contributed by atoms with E-state index in [0.717, 1.165) is 44.8 Å². The molecule has 4 aromatic rings. The second-order valence-corrected chi connectivity index (χ2v) is 6.67. The van der Waals surface area contributed by atoms with Crippen LogP contribution >= 0.6 is 0 Å². The summed E-state index contributed by atoms with van der Waals surface area (Å²) >= 11 is 0. The number of rotatable bonds is 0. The first kappa shape index (κ1) is 19.7. The van der Waals surface area contributed by atoms with Crippen molar-refractivity contribution in [3.8, 4) is 0 Å². The van der Waals surface area contributed by atoms with Crippen molar-refractivity contribution in [1.82, 2.24) is 29.9 Å². The molecule has 6 heterocycles. The molecule has 0 saturated heterocycles. The zero-order valence-corrected chi connectivity index (χ0v) is 19.2. The number of fused-ring (bicyclic) bond motifs is 8. The smallest absolute Gasteiger partial charge is 0.0919 e. The number of hydrogen-bond acceptors (Lipinski definition) is 3. The number of imidazole rings is 1. The molecule has 0 spiro atoms. The number of aromatic amines is 3. The molecule has 3 N–H and O–H groups in total. The fraction of sp³-hybridized carbons (Fsp3) is 0. The first-order valence-corrected chi connectivity index (χ1v) is 9.27. The topological polar surface area (TPSA) is 86.0 Å². The van der Waals surface area contributed by atoms with Crippen molar-refractivity contribution in [2.75, 3.05) is 0 Å². The maximum atomic E-state index is 4.62. The molecule has 6 rings (SSSR count). The Bertz CT molecular complexity index is 1250. The first-order chi connectivity index (χ1) is 14.3. The molecule has 0 atom stereocenters. The van der Waals surface area contributed by atoms with E-state index in [0.29, 0.717) is 0 Å². The molecule has 0 amide bonds. The van der Waals surface area contributed by atoms with E-state index in [-0.39, 0.29) is 19.5 Å². The normalized spacial score (nSPS) is 11.5. The third kappa shape index (κ3) is 4.70. The van der Waals surface area contributed by atoms with Gasteiger partial charge in [-0.15, -0.1) is 0 Å². The van der Waals surface area contributed by atoms with Gasteiger partial charge in [-0.1, -0.05) is 0 Å². The molecule has 2 aliphatic heterocycles. The van der Waals surface area contributed by atoms with Crippen molar-refractivity contribution >= 4 is 46.4 Å². The Labute approximate surface area is 185 Å². The molecule has 0 aromatic carbocycles. The van der Waals surface area contributed by atoms with E-state index in [4.69, 9.17) is 0 Å². The van der Waals surface area contributed by atoms with E-state index in [2.05, 4.69) is 60.2 Å². The molecule has 6 nitrogen and oxygen atoms in total. The maximum Gasteiger partial charge on any atom is 0.0919 e. The minimum Gasteiger partial charge on any atom is -0.355 e. The van der Waals surface area contributed by atoms with Crippen molar-refractivity contribution in [3.05, 3.63) is 90.0 Å². The van der Waals surface area contributed by atoms with E-state index in [9.17, 15) is 0 Å². The molecule has 4 aromatic heterocycles. The molecule has 142 valence electrons. The Morgan fingerprint density at radius 1 is 0.567 bits per heavy atom. The van der Waals surface area contributed by atoms with Gasteiger partial charge in [0, 0.05) is 53.9 Å². The third-order valence-electron chi connectivity index (χ3n) is 4.45. The largest absolute Gasteiger partial charge is 0.355 e. The summed E-state index contributed by atoms with van der Waals surface area (Å²) < 4.78 is 0. The van der Waals surface area contributed by atoms with Crippen molar-refractivity contribution in [2.45, 2.75) is 0 Å². The summed E-state index contributed by atoms with van der Waals surface area (Å²) in [4.78, 5) is 22.4. The van der Waals surface area contributed by atoms with Crippen LogP contribution in [0.15, 0.2) is 67.3 Å². The average Bonchev–Trinajstić information content (AvgIpc) is 3.50. The van der Waals surface area contributed by atoms with Crippen molar-refractivity contribution in [1.29, 1.82) is 0 Å². The van der Waals surface area contributed by atoms with Crippen LogP contribution < -0.4 is 0 Å². The molecule has 2 aliphatic rings. The average molecular weight is 444 g/mol. The molecule has 0 unspecified atom stereocenters. The summed E-state index contributed by atoms with van der Waals surface area (Å²) in [7, 11) is 0. The standard InChI is InChI=1S/C20H14N4.C3H4N2.Zn/c1-2-14-10-16-5-6-18(23-16)12-20-8-7-19(24-20)11-17-4-3-15(22-17)9-13(1)21-14;1-2-5-3-4-1;/h1-12,21-22H;1-3H,(H,4,5);. The van der Waals surface area contributed by atoms with Crippen LogP contribution in [0.2, 0.25) is 0 Å². The molecule has 0 aliphatic carbocycles. The monoisotopic (exact) mass is 442 g/mol. The van der Waals surface area contributed by atoms with Crippen molar-refractivity contribution in [2.24, 2.45) is 0 Å². The van der Waals surface area contributed by atoms with Crippen LogP contribution in [0.3, 0.4) is 0 Å². The van der Waals surface area contributed by atoms with Gasteiger partial charge in [0.2, 0.25) is 0 Å². The minimum absolute atomic E-state index is 0. The van der Waals surface area contributed by atoms with E-state index < -0.39 is 0 Å². The summed E-state index contributed by atoms with van der Waals surface area (Å²) in [6.45, 7) is 0. The fourth-order valence-electron chi connectivity index (χ4n) is 3.16. The number of nitrogens with zero attached hydrogens (tertiary/aromatic N) is 3. The molecule has 7 heteroatoms. The van der Waals surface area contributed by atoms with Gasteiger partial charge < -0.3 is 15.0 Å². The zero-order chi connectivity index (χ0) is 19.5. The van der Waals surface area contributed by atoms with Crippen LogP contribution in [-0.4, -0.2) is 29.9 Å². The second kappa shape index (κ2) is 8.84. The van der Waals surface area contributed by atoms with Gasteiger partial charge in [0.1, 0.15) is 0 Å². The van der Waals surface area contributed by atoms with Gasteiger partial charge in [0.25, 0.3) is 0 Å². The van der Waals surface area contributed by atoms with Gasteiger partial charge >= 0.3 is 0 Å². The Kier molecular flexibility index (Phi) is 5.82. The van der Waals surface area contributed by atoms with E-state index in [1.54, 1.807) is 18.7 Å². The third-order valence-corrected chi connectivity index (χ3v) is 4.45. The minimum atomic E-state index is 0. The Hall–Kier alpha value is -3.57. The van der Waals surface area contributed by atoms with Crippen LogP contribution in [0.1, 0.15) is 22.8 Å². The van der Waals surface area contributed by atoms with Gasteiger partial charge in [0.15, 0.2) is 0 Å². The second-order valence-electron chi connectivity index (χ2n) is 6.67. The Morgan fingerprint density at radius 3 is 1.43 bits per heavy atom. The number of H-pyrrole nitrogens is 3. The number of aromatic nitrogens is 6. The van der Waals surface area contributed by atoms with Gasteiger partial charge in [-0.25, -0.2) is 15.0 Å². The molecule has 8 bridgehead atoms. The zero-order valence-electron chi connectivity index (χ0n) is 16.2. The maximum absolute atomic E-state index is 4.62. The fourth-order valence-corrected chi connectivity index (χ4v) is 3.16. The van der Waals surface area contributed by atoms with Gasteiger partial charge in [-0.2, -0.15) is 0 Å². The summed E-state index contributed by atoms with van der Waals surface area (Å²) in [5.41, 5.74) is 7.86. The summed E-state index contributed by atoms with van der Waals surface area (Å²) in [6.07, 6.45) is 13.1.